The number of nitrogens with zero attached hydrogens (tertiary/aromatic N) is 5. The minimum Gasteiger partial charge on any atom is -0.463 e. The second-order valence-electron chi connectivity index (χ2n) is 7.31. The van der Waals surface area contributed by atoms with Gasteiger partial charge in [0.25, 0.3) is 5.91 Å². The molecule has 30 heavy (non-hydrogen) atoms. The molecular formula is C22H20ClN5O2. The quantitative estimate of drug-likeness (QED) is 0.488. The molecule has 0 radical (unpaired) electrons. The third kappa shape index (κ3) is 3.52. The van der Waals surface area contributed by atoms with Gasteiger partial charge in [-0.05, 0) is 49.2 Å². The molecule has 1 aliphatic rings. The van der Waals surface area contributed by atoms with Crippen molar-refractivity contribution in [1.82, 2.24) is 24.2 Å². The number of hydrogen-bond acceptors (Lipinski definition) is 4. The molecule has 0 saturated carbocycles. The maximum atomic E-state index is 13.2. The van der Waals surface area contributed by atoms with Gasteiger partial charge in [-0.1, -0.05) is 11.6 Å². The fraction of sp³-hybridized carbons (Fsp3) is 0.227. The molecule has 0 N–H and O–H groups in total. The van der Waals surface area contributed by atoms with Crippen molar-refractivity contribution in [1.29, 1.82) is 0 Å². The van der Waals surface area contributed by atoms with Gasteiger partial charge in [0.1, 0.15) is 5.69 Å². The van der Waals surface area contributed by atoms with Gasteiger partial charge in [0.2, 0.25) is 0 Å². The monoisotopic (exact) mass is 421 g/mol. The lowest BCUT2D eigenvalue weighted by Gasteiger charge is -2.32. The topological polar surface area (TPSA) is 69.1 Å². The van der Waals surface area contributed by atoms with Gasteiger partial charge in [0, 0.05) is 42.6 Å². The van der Waals surface area contributed by atoms with Crippen molar-refractivity contribution in [3.8, 4) is 17.1 Å². The maximum Gasteiger partial charge on any atom is 0.274 e. The fourth-order valence-electron chi connectivity index (χ4n) is 3.88. The highest BCUT2D eigenvalue weighted by atomic mass is 35.5. The normalized spacial score (nSPS) is 14.9. The van der Waals surface area contributed by atoms with Crippen LogP contribution in [0.1, 0.15) is 29.4 Å². The number of halogens is 1. The Labute approximate surface area is 178 Å². The van der Waals surface area contributed by atoms with Crippen molar-refractivity contribution in [3.63, 3.8) is 0 Å². The number of amides is 1. The molecule has 1 aliphatic heterocycles. The van der Waals surface area contributed by atoms with E-state index < -0.39 is 0 Å². The highest BCUT2D eigenvalue weighted by Crippen LogP contribution is 2.27. The first-order valence-electron chi connectivity index (χ1n) is 9.85. The first kappa shape index (κ1) is 18.7. The molecule has 7 nitrogen and oxygen atoms in total. The van der Waals surface area contributed by atoms with Crippen molar-refractivity contribution in [2.45, 2.75) is 18.9 Å². The summed E-state index contributed by atoms with van der Waals surface area (Å²) in [4.78, 5) is 19.2. The number of furan rings is 1. The number of benzene rings is 1. The number of imidazole rings is 1. The van der Waals surface area contributed by atoms with E-state index in [1.54, 1.807) is 35.3 Å². The van der Waals surface area contributed by atoms with Gasteiger partial charge in [-0.3, -0.25) is 4.79 Å². The maximum absolute atomic E-state index is 13.2. The van der Waals surface area contributed by atoms with E-state index in [1.807, 2.05) is 41.7 Å². The molecular weight excluding hydrogens is 402 g/mol. The second kappa shape index (κ2) is 7.84. The molecule has 0 aliphatic carbocycles. The second-order valence-corrected chi connectivity index (χ2v) is 7.75. The number of aromatic nitrogens is 4. The number of likely N-dealkylation sites (tertiary alicyclic amines) is 1. The Morgan fingerprint density at radius 3 is 2.60 bits per heavy atom. The Balaban J connectivity index is 1.41. The average molecular weight is 422 g/mol. The minimum absolute atomic E-state index is 0.0698. The van der Waals surface area contributed by atoms with Gasteiger partial charge in [0.05, 0.1) is 18.3 Å². The Kier molecular flexibility index (Phi) is 4.88. The van der Waals surface area contributed by atoms with E-state index in [9.17, 15) is 4.79 Å². The third-order valence-electron chi connectivity index (χ3n) is 5.47. The predicted octanol–water partition coefficient (Wildman–Crippen LogP) is 4.46. The molecule has 0 atom stereocenters. The van der Waals surface area contributed by atoms with Gasteiger partial charge in [-0.2, -0.15) is 5.10 Å². The van der Waals surface area contributed by atoms with Gasteiger partial charge in [0.15, 0.2) is 11.5 Å². The number of hydrogen-bond donors (Lipinski definition) is 0. The van der Waals surface area contributed by atoms with Crippen LogP contribution in [0.5, 0.6) is 0 Å². The third-order valence-corrected chi connectivity index (χ3v) is 5.72. The Morgan fingerprint density at radius 1 is 1.13 bits per heavy atom. The molecule has 0 spiro atoms. The first-order chi connectivity index (χ1) is 14.7. The molecule has 5 rings (SSSR count). The molecule has 8 heteroatoms. The van der Waals surface area contributed by atoms with E-state index in [0.29, 0.717) is 35.6 Å². The van der Waals surface area contributed by atoms with Crippen LogP contribution in [0.3, 0.4) is 0 Å². The lowest BCUT2D eigenvalue weighted by Crippen LogP contribution is -2.39. The summed E-state index contributed by atoms with van der Waals surface area (Å²) in [6, 6.07) is 13.2. The first-order valence-corrected chi connectivity index (χ1v) is 10.2. The van der Waals surface area contributed by atoms with Crippen molar-refractivity contribution < 1.29 is 9.21 Å². The van der Waals surface area contributed by atoms with E-state index in [0.717, 1.165) is 24.2 Å². The van der Waals surface area contributed by atoms with E-state index in [2.05, 4.69) is 14.6 Å². The van der Waals surface area contributed by atoms with Crippen LogP contribution >= 0.6 is 11.6 Å². The molecule has 1 amide bonds. The lowest BCUT2D eigenvalue weighted by molar-refractivity contribution is 0.0688. The van der Waals surface area contributed by atoms with Crippen molar-refractivity contribution in [3.05, 3.63) is 78.2 Å². The summed E-state index contributed by atoms with van der Waals surface area (Å²) in [5, 5.41) is 5.26. The zero-order valence-electron chi connectivity index (χ0n) is 16.2. The molecule has 0 bridgehead atoms. The molecule has 1 aromatic carbocycles. The summed E-state index contributed by atoms with van der Waals surface area (Å²) in [5.41, 5.74) is 1.93. The van der Waals surface area contributed by atoms with Crippen LogP contribution in [-0.2, 0) is 0 Å². The van der Waals surface area contributed by atoms with Gasteiger partial charge in [-0.15, -0.1) is 0 Å². The zero-order chi connectivity index (χ0) is 20.5. The van der Waals surface area contributed by atoms with E-state index in [4.69, 9.17) is 16.0 Å². The van der Waals surface area contributed by atoms with Crippen LogP contribution in [0, 0.1) is 0 Å². The number of carbonyl (C=O) groups excluding carboxylic acids is 1. The summed E-state index contributed by atoms with van der Waals surface area (Å²) in [6.07, 6.45) is 9.00. The van der Waals surface area contributed by atoms with Crippen LogP contribution in [0.15, 0.2) is 71.9 Å². The van der Waals surface area contributed by atoms with Gasteiger partial charge >= 0.3 is 0 Å². The Bertz CT molecular complexity index is 1130. The molecule has 1 fully saturated rings. The highest BCUT2D eigenvalue weighted by molar-refractivity contribution is 6.30. The standard InChI is InChI=1S/C22H20ClN5O2/c23-16-3-5-18(6-4-16)28-20(21-2-1-13-30-21)14-19(25-28)22(29)26-10-7-17(8-11-26)27-12-9-24-15-27/h1-6,9,12-15,17H,7-8,10-11H2. The molecule has 1 saturated heterocycles. The molecule has 152 valence electrons. The van der Waals surface area contributed by atoms with Crippen LogP contribution in [0.25, 0.3) is 17.1 Å². The average Bonchev–Trinajstić information content (AvgIpc) is 3.55. The van der Waals surface area contributed by atoms with Crippen LogP contribution in [-0.4, -0.2) is 43.2 Å². The number of piperidine rings is 1. The number of rotatable bonds is 4. The predicted molar refractivity (Wildman–Crippen MR) is 113 cm³/mol. The van der Waals surface area contributed by atoms with Gasteiger partial charge < -0.3 is 13.9 Å². The molecule has 4 aromatic rings. The van der Waals surface area contributed by atoms with E-state index in [1.165, 1.54) is 0 Å². The molecule has 0 unspecified atom stereocenters. The largest absolute Gasteiger partial charge is 0.463 e. The van der Waals surface area contributed by atoms with E-state index >= 15 is 0 Å². The summed E-state index contributed by atoms with van der Waals surface area (Å²) in [5.74, 6) is 0.579. The SMILES string of the molecule is O=C(c1cc(-c2ccco2)n(-c2ccc(Cl)cc2)n1)N1CCC(n2ccnc2)CC1. The van der Waals surface area contributed by atoms with Crippen molar-refractivity contribution in [2.24, 2.45) is 0 Å². The summed E-state index contributed by atoms with van der Waals surface area (Å²) in [6.45, 7) is 1.37. The summed E-state index contributed by atoms with van der Waals surface area (Å²) in [7, 11) is 0. The summed E-state index contributed by atoms with van der Waals surface area (Å²) >= 11 is 6.03. The van der Waals surface area contributed by atoms with E-state index in [-0.39, 0.29) is 5.91 Å². The van der Waals surface area contributed by atoms with Crippen LogP contribution in [0.2, 0.25) is 5.02 Å². The minimum atomic E-state index is -0.0698. The Hall–Kier alpha value is -3.32. The van der Waals surface area contributed by atoms with Crippen LogP contribution < -0.4 is 0 Å². The fourth-order valence-corrected chi connectivity index (χ4v) is 4.01. The lowest BCUT2D eigenvalue weighted by atomic mass is 10.0. The molecule has 4 heterocycles. The zero-order valence-corrected chi connectivity index (χ0v) is 16.9. The van der Waals surface area contributed by atoms with Crippen molar-refractivity contribution >= 4 is 17.5 Å². The number of carbonyl (C=O) groups is 1. The molecule has 3 aromatic heterocycles. The van der Waals surface area contributed by atoms with Crippen molar-refractivity contribution in [2.75, 3.05) is 13.1 Å². The smallest absolute Gasteiger partial charge is 0.274 e. The van der Waals surface area contributed by atoms with Crippen LogP contribution in [0.4, 0.5) is 0 Å². The highest BCUT2D eigenvalue weighted by Gasteiger charge is 2.27. The Morgan fingerprint density at radius 2 is 1.93 bits per heavy atom. The van der Waals surface area contributed by atoms with Gasteiger partial charge in [-0.25, -0.2) is 9.67 Å². The summed E-state index contributed by atoms with van der Waals surface area (Å²) < 4.78 is 9.42.